The Morgan fingerprint density at radius 1 is 0.511 bits per heavy atom. The van der Waals surface area contributed by atoms with Crippen LogP contribution in [0.1, 0.15) is 0 Å². The Hall–Kier alpha value is -6.13. The van der Waals surface area contributed by atoms with Crippen LogP contribution in [0.2, 0.25) is 0 Å². The number of anilines is 2. The van der Waals surface area contributed by atoms with Crippen LogP contribution in [-0.2, 0) is 0 Å². The summed E-state index contributed by atoms with van der Waals surface area (Å²) in [5.41, 5.74) is 14.8. The van der Waals surface area contributed by atoms with E-state index in [-0.39, 0.29) is 0 Å². The average molecular weight is 604 g/mol. The summed E-state index contributed by atoms with van der Waals surface area (Å²) in [6.07, 6.45) is 1.91. The third-order valence-electron chi connectivity index (χ3n) is 9.73. The van der Waals surface area contributed by atoms with Gasteiger partial charge in [-0.05, 0) is 70.8 Å². The first-order valence-corrected chi connectivity index (χ1v) is 16.2. The molecule has 0 atom stereocenters. The van der Waals surface area contributed by atoms with Crippen LogP contribution < -0.4 is 9.64 Å². The molecule has 47 heavy (non-hydrogen) atoms. The molecule has 0 N–H and O–H groups in total. The lowest BCUT2D eigenvalue weighted by molar-refractivity contribution is 0.314. The van der Waals surface area contributed by atoms with Gasteiger partial charge in [-0.3, -0.25) is 4.98 Å². The predicted octanol–water partition coefficient (Wildman–Crippen LogP) is 10.7. The number of nitrogens with zero attached hydrogens (tertiary/aromatic N) is 3. The van der Waals surface area contributed by atoms with Crippen molar-refractivity contribution in [1.82, 2.24) is 9.55 Å². The van der Waals surface area contributed by atoms with E-state index in [0.29, 0.717) is 6.61 Å². The maximum atomic E-state index is 6.36. The first-order valence-electron chi connectivity index (χ1n) is 16.2. The molecule has 0 fully saturated rings. The smallest absolute Gasteiger partial charge is 0.143 e. The number of ether oxygens (including phenoxy) is 1. The van der Waals surface area contributed by atoms with Crippen molar-refractivity contribution in [1.29, 1.82) is 0 Å². The fourth-order valence-corrected chi connectivity index (χ4v) is 7.75. The van der Waals surface area contributed by atoms with E-state index in [1.54, 1.807) is 0 Å². The number of fused-ring (bicyclic) bond motifs is 12. The van der Waals surface area contributed by atoms with Crippen LogP contribution in [0.5, 0.6) is 5.75 Å². The van der Waals surface area contributed by atoms with Crippen molar-refractivity contribution in [2.24, 2.45) is 0 Å². The molecule has 0 bridgehead atoms. The molecule has 4 heteroatoms. The maximum Gasteiger partial charge on any atom is 0.143 e. The van der Waals surface area contributed by atoms with E-state index < -0.39 is 0 Å². The summed E-state index contributed by atoms with van der Waals surface area (Å²) in [6, 6.07) is 52.4. The summed E-state index contributed by atoms with van der Waals surface area (Å²) in [7, 11) is 0. The highest BCUT2D eigenvalue weighted by molar-refractivity contribution is 6.11. The second-order valence-electron chi connectivity index (χ2n) is 12.2. The molecule has 0 amide bonds. The summed E-state index contributed by atoms with van der Waals surface area (Å²) >= 11 is 0. The van der Waals surface area contributed by atoms with Gasteiger partial charge in [-0.25, -0.2) is 0 Å². The number of rotatable bonds is 2. The monoisotopic (exact) mass is 603 g/mol. The van der Waals surface area contributed by atoms with Crippen LogP contribution >= 0.6 is 0 Å². The Balaban J connectivity index is 1.32. The molecule has 2 aliphatic rings. The molecule has 2 aromatic heterocycles. The number of hydrogen-bond acceptors (Lipinski definition) is 3. The molecular formula is C43H29N3O. The highest BCUT2D eigenvalue weighted by atomic mass is 16.5. The zero-order valence-electron chi connectivity index (χ0n) is 25.6. The molecule has 0 saturated heterocycles. The maximum absolute atomic E-state index is 6.36. The predicted molar refractivity (Wildman–Crippen MR) is 193 cm³/mol. The van der Waals surface area contributed by atoms with Gasteiger partial charge in [0.1, 0.15) is 12.4 Å². The molecule has 3 heterocycles. The van der Waals surface area contributed by atoms with E-state index in [0.717, 1.165) is 57.3 Å². The van der Waals surface area contributed by atoms with E-state index in [2.05, 4.69) is 155 Å². The lowest BCUT2D eigenvalue weighted by Crippen LogP contribution is -2.28. The first kappa shape index (κ1) is 26.1. The van der Waals surface area contributed by atoms with Crippen molar-refractivity contribution in [3.8, 4) is 56.1 Å². The Labute approximate surface area is 272 Å². The third-order valence-corrected chi connectivity index (χ3v) is 9.73. The molecule has 0 saturated carbocycles. The van der Waals surface area contributed by atoms with Gasteiger partial charge in [0.2, 0.25) is 0 Å². The van der Waals surface area contributed by atoms with Crippen LogP contribution in [0.25, 0.3) is 72.1 Å². The van der Waals surface area contributed by atoms with Gasteiger partial charge in [-0.15, -0.1) is 0 Å². The summed E-state index contributed by atoms with van der Waals surface area (Å²) in [5, 5.41) is 2.50. The zero-order valence-corrected chi connectivity index (χ0v) is 25.6. The molecule has 222 valence electrons. The summed E-state index contributed by atoms with van der Waals surface area (Å²) < 4.78 is 8.80. The van der Waals surface area contributed by atoms with Gasteiger partial charge in [-0.1, -0.05) is 97.1 Å². The molecule has 8 aromatic rings. The SMILES string of the molecule is c1ccc(N2CCOc3cc4c(cc32)-c2ccccc2-c2c(cccc2-n2c3ccccc3c3ccccc32)-c2cccnc2-4)cc1. The molecule has 0 radical (unpaired) electrons. The van der Waals surface area contributed by atoms with Crippen molar-refractivity contribution in [3.63, 3.8) is 0 Å². The van der Waals surface area contributed by atoms with E-state index in [1.165, 1.54) is 38.5 Å². The van der Waals surface area contributed by atoms with E-state index in [9.17, 15) is 0 Å². The lowest BCUT2D eigenvalue weighted by Gasteiger charge is -2.33. The number of benzene rings is 6. The minimum absolute atomic E-state index is 0.622. The van der Waals surface area contributed by atoms with Crippen LogP contribution in [0.15, 0.2) is 152 Å². The Morgan fingerprint density at radius 2 is 1.19 bits per heavy atom. The fourth-order valence-electron chi connectivity index (χ4n) is 7.75. The quantitative estimate of drug-likeness (QED) is 0.197. The van der Waals surface area contributed by atoms with Crippen LogP contribution in [0.3, 0.4) is 0 Å². The Kier molecular flexibility index (Phi) is 5.67. The van der Waals surface area contributed by atoms with Crippen LogP contribution in [0, 0.1) is 0 Å². The minimum atomic E-state index is 0.622. The van der Waals surface area contributed by atoms with E-state index in [4.69, 9.17) is 9.72 Å². The van der Waals surface area contributed by atoms with Gasteiger partial charge in [0, 0.05) is 39.3 Å². The summed E-state index contributed by atoms with van der Waals surface area (Å²) in [5.74, 6) is 0.882. The zero-order chi connectivity index (χ0) is 30.9. The fraction of sp³-hybridized carbons (Fsp3) is 0.0465. The Bertz CT molecular complexity index is 2460. The van der Waals surface area contributed by atoms with Gasteiger partial charge in [0.25, 0.3) is 0 Å². The van der Waals surface area contributed by atoms with Gasteiger partial charge < -0.3 is 14.2 Å². The number of aromatic nitrogens is 2. The lowest BCUT2D eigenvalue weighted by atomic mass is 9.81. The first-order chi connectivity index (χ1) is 23.3. The number of hydrogen-bond donors (Lipinski definition) is 0. The van der Waals surface area contributed by atoms with E-state index in [1.807, 2.05) is 6.20 Å². The summed E-state index contributed by atoms with van der Waals surface area (Å²) in [4.78, 5) is 7.45. The molecule has 0 spiro atoms. The third kappa shape index (κ3) is 3.85. The highest BCUT2D eigenvalue weighted by Crippen LogP contribution is 2.52. The molecule has 0 unspecified atom stereocenters. The van der Waals surface area contributed by atoms with Crippen molar-refractivity contribution < 1.29 is 4.74 Å². The molecule has 1 aliphatic heterocycles. The van der Waals surface area contributed by atoms with Gasteiger partial charge in [0.05, 0.1) is 34.6 Å². The van der Waals surface area contributed by atoms with Gasteiger partial charge in [-0.2, -0.15) is 0 Å². The standard InChI is InChI=1S/C43H29N3O/c1-2-12-28(13-3-1)45-24-25-47-41-27-36-35(26-40(41)45)29-14-4-5-17-32(29)42-33(34-19-11-23-44-43(34)36)18-10-22-39(42)46-37-20-8-6-15-30(37)31-16-7-9-21-38(31)46/h1-23,26-27H,24-25H2. The Morgan fingerprint density at radius 3 is 2.00 bits per heavy atom. The molecular weight excluding hydrogens is 574 g/mol. The van der Waals surface area contributed by atoms with Gasteiger partial charge in [0.15, 0.2) is 0 Å². The van der Waals surface area contributed by atoms with Crippen molar-refractivity contribution >= 4 is 33.2 Å². The second kappa shape index (κ2) is 10.2. The van der Waals surface area contributed by atoms with Crippen LogP contribution in [0.4, 0.5) is 11.4 Å². The topological polar surface area (TPSA) is 30.3 Å². The number of para-hydroxylation sites is 3. The number of pyridine rings is 1. The molecule has 10 rings (SSSR count). The summed E-state index contributed by atoms with van der Waals surface area (Å²) in [6.45, 7) is 1.41. The average Bonchev–Trinajstić information content (AvgIpc) is 3.48. The van der Waals surface area contributed by atoms with Crippen molar-refractivity contribution in [3.05, 3.63) is 152 Å². The molecule has 6 aromatic carbocycles. The largest absolute Gasteiger partial charge is 0.490 e. The van der Waals surface area contributed by atoms with Crippen molar-refractivity contribution in [2.45, 2.75) is 0 Å². The minimum Gasteiger partial charge on any atom is -0.490 e. The highest BCUT2D eigenvalue weighted by Gasteiger charge is 2.29. The molecule has 1 aliphatic carbocycles. The van der Waals surface area contributed by atoms with Crippen LogP contribution in [-0.4, -0.2) is 22.7 Å². The normalized spacial score (nSPS) is 13.1. The van der Waals surface area contributed by atoms with Crippen molar-refractivity contribution in [2.75, 3.05) is 18.1 Å². The van der Waals surface area contributed by atoms with E-state index >= 15 is 0 Å². The van der Waals surface area contributed by atoms with Gasteiger partial charge >= 0.3 is 0 Å². The second-order valence-corrected chi connectivity index (χ2v) is 12.2. The molecule has 4 nitrogen and oxygen atoms in total.